The molecule has 5 nitrogen and oxygen atoms in total. The van der Waals surface area contributed by atoms with Crippen LogP contribution in [-0.4, -0.2) is 22.2 Å². The van der Waals surface area contributed by atoms with Gasteiger partial charge in [-0.1, -0.05) is 18.2 Å². The summed E-state index contributed by atoms with van der Waals surface area (Å²) < 4.78 is 0. The number of rotatable bonds is 4. The van der Waals surface area contributed by atoms with E-state index >= 15 is 0 Å². The highest BCUT2D eigenvalue weighted by Crippen LogP contribution is 2.12. The maximum absolute atomic E-state index is 11.7. The van der Waals surface area contributed by atoms with Gasteiger partial charge in [0.25, 0.3) is 5.91 Å². The Hall–Kier alpha value is -2.32. The van der Waals surface area contributed by atoms with Crippen molar-refractivity contribution in [3.8, 4) is 6.07 Å². The van der Waals surface area contributed by atoms with Gasteiger partial charge in [0.15, 0.2) is 5.57 Å². The summed E-state index contributed by atoms with van der Waals surface area (Å²) in [6, 6.07) is 10.2. The van der Waals surface area contributed by atoms with Crippen molar-refractivity contribution in [1.82, 2.24) is 0 Å². The molecule has 0 aliphatic carbocycles. The summed E-state index contributed by atoms with van der Waals surface area (Å²) in [7, 11) is 0. The van der Waals surface area contributed by atoms with Gasteiger partial charge in [0.2, 0.25) is 0 Å². The summed E-state index contributed by atoms with van der Waals surface area (Å²) in [5.41, 5.74) is 0.139. The molecule has 1 amide bonds. The van der Waals surface area contributed by atoms with Crippen molar-refractivity contribution in [3.63, 3.8) is 0 Å². The Kier molecular flexibility index (Phi) is 4.90. The minimum absolute atomic E-state index is 0.134. The summed E-state index contributed by atoms with van der Waals surface area (Å²) in [6.45, 7) is 1.46. The molecule has 3 N–H and O–H groups in total. The van der Waals surface area contributed by atoms with Crippen LogP contribution in [0.4, 0.5) is 5.69 Å². The first-order valence-corrected chi connectivity index (χ1v) is 5.41. The first-order chi connectivity index (χ1) is 8.54. The van der Waals surface area contributed by atoms with Crippen LogP contribution in [0.3, 0.4) is 0 Å². The molecule has 5 heteroatoms. The highest BCUT2D eigenvalue weighted by molar-refractivity contribution is 6.06. The molecule has 0 fully saturated rings. The fourth-order valence-corrected chi connectivity index (χ4v) is 1.34. The number of nitrogens with zero attached hydrogens (tertiary/aromatic N) is 1. The fraction of sp³-hybridized carbons (Fsp3) is 0.231. The average molecular weight is 246 g/mol. The highest BCUT2D eigenvalue weighted by Gasteiger charge is 2.16. The van der Waals surface area contributed by atoms with Crippen LogP contribution in [0, 0.1) is 11.3 Å². The summed E-state index contributed by atoms with van der Waals surface area (Å²) in [4.78, 5) is 11.7. The summed E-state index contributed by atoms with van der Waals surface area (Å²) in [6.07, 6.45) is -0.955. The molecule has 0 spiro atoms. The lowest BCUT2D eigenvalue weighted by atomic mass is 10.1. The lowest BCUT2D eigenvalue weighted by molar-refractivity contribution is -0.112. The first-order valence-electron chi connectivity index (χ1n) is 5.41. The maximum atomic E-state index is 11.7. The molecule has 1 unspecified atom stereocenters. The van der Waals surface area contributed by atoms with E-state index in [0.717, 1.165) is 0 Å². The molecular formula is C13H14N2O3. The third-order valence-electron chi connectivity index (χ3n) is 2.15. The van der Waals surface area contributed by atoms with Gasteiger partial charge in [0.05, 0.1) is 6.10 Å². The summed E-state index contributed by atoms with van der Waals surface area (Å²) >= 11 is 0. The molecule has 1 rings (SSSR count). The molecule has 0 bridgehead atoms. The van der Waals surface area contributed by atoms with Crippen LogP contribution < -0.4 is 5.32 Å². The van der Waals surface area contributed by atoms with E-state index in [4.69, 9.17) is 10.4 Å². The van der Waals surface area contributed by atoms with Gasteiger partial charge < -0.3 is 15.5 Å². The Labute approximate surface area is 105 Å². The summed E-state index contributed by atoms with van der Waals surface area (Å²) in [5.74, 6) is -1.11. The second-order valence-electron chi connectivity index (χ2n) is 3.81. The van der Waals surface area contributed by atoms with Crippen molar-refractivity contribution in [3.05, 3.63) is 41.7 Å². The minimum atomic E-state index is -0.821. The van der Waals surface area contributed by atoms with E-state index in [1.54, 1.807) is 36.4 Å². The Balaban J connectivity index is 2.84. The third-order valence-corrected chi connectivity index (χ3v) is 2.15. The lowest BCUT2D eigenvalue weighted by Gasteiger charge is -2.07. The van der Waals surface area contributed by atoms with Gasteiger partial charge in [-0.2, -0.15) is 5.26 Å². The number of aliphatic hydroxyl groups is 2. The largest absolute Gasteiger partial charge is 0.511 e. The van der Waals surface area contributed by atoms with Crippen molar-refractivity contribution < 1.29 is 15.0 Å². The van der Waals surface area contributed by atoms with E-state index in [9.17, 15) is 9.90 Å². The molecule has 0 radical (unpaired) electrons. The van der Waals surface area contributed by atoms with Gasteiger partial charge in [0, 0.05) is 12.1 Å². The van der Waals surface area contributed by atoms with E-state index in [2.05, 4.69) is 5.32 Å². The molecular weight excluding hydrogens is 232 g/mol. The van der Waals surface area contributed by atoms with Gasteiger partial charge in [0.1, 0.15) is 11.8 Å². The predicted molar refractivity (Wildman–Crippen MR) is 66.6 cm³/mol. The second kappa shape index (κ2) is 6.42. The Morgan fingerprint density at radius 1 is 1.44 bits per heavy atom. The number of amides is 1. The second-order valence-corrected chi connectivity index (χ2v) is 3.81. The van der Waals surface area contributed by atoms with Crippen molar-refractivity contribution in [2.45, 2.75) is 19.4 Å². The number of benzene rings is 1. The SMILES string of the molecule is CC(O)C/C(O)=C(\C#N)C(=O)Nc1ccccc1. The van der Waals surface area contributed by atoms with Crippen LogP contribution in [0.2, 0.25) is 0 Å². The number of nitrogens with one attached hydrogen (secondary N) is 1. The van der Waals surface area contributed by atoms with Crippen molar-refractivity contribution >= 4 is 11.6 Å². The fourth-order valence-electron chi connectivity index (χ4n) is 1.34. The van der Waals surface area contributed by atoms with Gasteiger partial charge in [-0.25, -0.2) is 0 Å². The molecule has 0 saturated heterocycles. The van der Waals surface area contributed by atoms with Crippen molar-refractivity contribution in [2.24, 2.45) is 0 Å². The van der Waals surface area contributed by atoms with Gasteiger partial charge in [-0.05, 0) is 19.1 Å². The molecule has 0 aliphatic heterocycles. The zero-order valence-corrected chi connectivity index (χ0v) is 9.92. The van der Waals surface area contributed by atoms with Crippen LogP contribution >= 0.6 is 0 Å². The average Bonchev–Trinajstić information content (AvgIpc) is 2.30. The lowest BCUT2D eigenvalue weighted by Crippen LogP contribution is -2.16. The monoisotopic (exact) mass is 246 g/mol. The van der Waals surface area contributed by atoms with Crippen LogP contribution in [0.25, 0.3) is 0 Å². The number of nitriles is 1. The van der Waals surface area contributed by atoms with Gasteiger partial charge in [-0.3, -0.25) is 4.79 Å². The Bertz CT molecular complexity index is 487. The quantitative estimate of drug-likeness (QED) is 0.428. The highest BCUT2D eigenvalue weighted by atomic mass is 16.3. The number of aliphatic hydroxyl groups excluding tert-OH is 2. The van der Waals surface area contributed by atoms with Crippen LogP contribution in [0.1, 0.15) is 13.3 Å². The van der Waals surface area contributed by atoms with Crippen molar-refractivity contribution in [1.29, 1.82) is 5.26 Å². The molecule has 94 valence electrons. The molecule has 1 aromatic rings. The van der Waals surface area contributed by atoms with E-state index < -0.39 is 17.8 Å². The Morgan fingerprint density at radius 3 is 2.56 bits per heavy atom. The predicted octanol–water partition coefficient (Wildman–Crippen LogP) is 1.73. The van der Waals surface area contributed by atoms with E-state index in [1.165, 1.54) is 6.92 Å². The molecule has 1 aromatic carbocycles. The zero-order valence-electron chi connectivity index (χ0n) is 9.92. The number of carbonyl (C=O) groups excluding carboxylic acids is 1. The van der Waals surface area contributed by atoms with Crippen LogP contribution in [-0.2, 0) is 4.79 Å². The number of hydrogen-bond acceptors (Lipinski definition) is 4. The van der Waals surface area contributed by atoms with Crippen molar-refractivity contribution in [2.75, 3.05) is 5.32 Å². The number of hydrogen-bond donors (Lipinski definition) is 3. The normalized spacial score (nSPS) is 13.2. The van der Waals surface area contributed by atoms with E-state index in [0.29, 0.717) is 5.69 Å². The molecule has 18 heavy (non-hydrogen) atoms. The van der Waals surface area contributed by atoms with Gasteiger partial charge in [-0.15, -0.1) is 0 Å². The van der Waals surface area contributed by atoms with Gasteiger partial charge >= 0.3 is 0 Å². The third kappa shape index (κ3) is 3.92. The van der Waals surface area contributed by atoms with Crippen LogP contribution in [0.5, 0.6) is 0 Å². The molecule has 1 atom stereocenters. The Morgan fingerprint density at radius 2 is 2.06 bits per heavy atom. The van der Waals surface area contributed by atoms with Crippen LogP contribution in [0.15, 0.2) is 41.7 Å². The number of para-hydroxylation sites is 1. The first kappa shape index (κ1) is 13.7. The zero-order chi connectivity index (χ0) is 13.5. The molecule has 0 aromatic heterocycles. The molecule has 0 saturated carbocycles. The smallest absolute Gasteiger partial charge is 0.269 e. The molecule has 0 heterocycles. The number of anilines is 1. The van der Waals surface area contributed by atoms with E-state index in [1.807, 2.05) is 0 Å². The van der Waals surface area contributed by atoms with E-state index in [-0.39, 0.29) is 12.0 Å². The minimum Gasteiger partial charge on any atom is -0.511 e. The standard InChI is InChI=1S/C13H14N2O3/c1-9(16)7-12(17)11(8-14)13(18)15-10-5-3-2-4-6-10/h2-6,9,16-17H,7H2,1H3,(H,15,18)/b12-11-. The number of carbonyl (C=O) groups is 1. The summed E-state index contributed by atoms with van der Waals surface area (Å²) in [5, 5.41) is 30.0. The molecule has 0 aliphatic rings. The maximum Gasteiger partial charge on any atom is 0.269 e. The topological polar surface area (TPSA) is 93.3 Å².